The summed E-state index contributed by atoms with van der Waals surface area (Å²) in [6, 6.07) is 7.31. The van der Waals surface area contributed by atoms with E-state index < -0.39 is 0 Å². The van der Waals surface area contributed by atoms with Gasteiger partial charge in [-0.15, -0.1) is 0 Å². The van der Waals surface area contributed by atoms with Crippen LogP contribution in [0.5, 0.6) is 0 Å². The number of anilines is 1. The predicted molar refractivity (Wildman–Crippen MR) is 70.1 cm³/mol. The first-order valence-electron chi connectivity index (χ1n) is 5.94. The van der Waals surface area contributed by atoms with Crippen LogP contribution in [0.2, 0.25) is 0 Å². The summed E-state index contributed by atoms with van der Waals surface area (Å²) in [6.45, 7) is 3.99. The number of quaternary nitrogens is 1. The average Bonchev–Trinajstić information content (AvgIpc) is 2.35. The van der Waals surface area contributed by atoms with Crippen molar-refractivity contribution in [2.45, 2.75) is 19.9 Å². The van der Waals surface area contributed by atoms with Crippen molar-refractivity contribution in [2.24, 2.45) is 0 Å². The van der Waals surface area contributed by atoms with Crippen LogP contribution in [-0.4, -0.2) is 31.4 Å². The fourth-order valence-corrected chi connectivity index (χ4v) is 1.47. The van der Waals surface area contributed by atoms with Crippen LogP contribution < -0.4 is 16.0 Å². The van der Waals surface area contributed by atoms with E-state index in [9.17, 15) is 9.59 Å². The predicted octanol–water partition coefficient (Wildman–Crippen LogP) is -0.369. The summed E-state index contributed by atoms with van der Waals surface area (Å²) in [5, 5.41) is 7.04. The molecule has 0 fully saturated rings. The summed E-state index contributed by atoms with van der Waals surface area (Å²) in [5.41, 5.74) is 1.87. The fourth-order valence-electron chi connectivity index (χ4n) is 1.47. The maximum Gasteiger partial charge on any atom is 0.282 e. The number of nitrogens with two attached hydrogens (primary N) is 1. The zero-order chi connectivity index (χ0) is 13.5. The van der Waals surface area contributed by atoms with Gasteiger partial charge in [0.1, 0.15) is 0 Å². The third-order valence-electron chi connectivity index (χ3n) is 2.63. The zero-order valence-corrected chi connectivity index (χ0v) is 11.0. The van der Waals surface area contributed by atoms with Gasteiger partial charge >= 0.3 is 0 Å². The molecule has 1 aromatic rings. The van der Waals surface area contributed by atoms with Crippen molar-refractivity contribution in [3.63, 3.8) is 0 Å². The minimum absolute atomic E-state index is 0.0924. The van der Waals surface area contributed by atoms with Crippen LogP contribution in [0.3, 0.4) is 0 Å². The minimum Gasteiger partial charge on any atom is -0.354 e. The topological polar surface area (TPSA) is 74.8 Å². The smallest absolute Gasteiger partial charge is 0.282 e. The Balaban J connectivity index is 2.47. The van der Waals surface area contributed by atoms with Gasteiger partial charge < -0.3 is 16.0 Å². The van der Waals surface area contributed by atoms with Crippen LogP contribution in [0.4, 0.5) is 5.69 Å². The molecule has 0 spiro atoms. The third-order valence-corrected chi connectivity index (χ3v) is 2.63. The second kappa shape index (κ2) is 6.76. The van der Waals surface area contributed by atoms with Crippen molar-refractivity contribution in [1.29, 1.82) is 0 Å². The summed E-state index contributed by atoms with van der Waals surface area (Å²) in [5.74, 6) is -0.199. The standard InChI is InChI=1S/C13H19N3O2/c1-9-5-4-6-11(7-9)16-13(18)10(2)15-8-12(17)14-3/h4-7,10,15H,8H2,1-3H3,(H,14,17)(H,16,18)/p+1/t10-/m1/s1. The molecule has 0 heterocycles. The Kier molecular flexibility index (Phi) is 5.32. The van der Waals surface area contributed by atoms with E-state index in [1.54, 1.807) is 19.3 Å². The van der Waals surface area contributed by atoms with Gasteiger partial charge in [-0.2, -0.15) is 0 Å². The molecule has 0 aliphatic heterocycles. The quantitative estimate of drug-likeness (QED) is 0.667. The molecule has 2 amide bonds. The molecule has 0 radical (unpaired) electrons. The highest BCUT2D eigenvalue weighted by Crippen LogP contribution is 2.09. The molecule has 1 aromatic carbocycles. The van der Waals surface area contributed by atoms with Crippen LogP contribution in [0.15, 0.2) is 24.3 Å². The van der Waals surface area contributed by atoms with E-state index in [4.69, 9.17) is 0 Å². The van der Waals surface area contributed by atoms with Gasteiger partial charge in [0.25, 0.3) is 11.8 Å². The van der Waals surface area contributed by atoms with E-state index in [0.29, 0.717) is 0 Å². The van der Waals surface area contributed by atoms with E-state index >= 15 is 0 Å². The maximum absolute atomic E-state index is 11.9. The maximum atomic E-state index is 11.9. The van der Waals surface area contributed by atoms with E-state index in [2.05, 4.69) is 10.6 Å². The fraction of sp³-hybridized carbons (Fsp3) is 0.385. The lowest BCUT2D eigenvalue weighted by Crippen LogP contribution is -2.93. The summed E-state index contributed by atoms with van der Waals surface area (Å²) >= 11 is 0. The molecule has 98 valence electrons. The molecule has 1 atom stereocenters. The lowest BCUT2D eigenvalue weighted by Gasteiger charge is -2.11. The monoisotopic (exact) mass is 250 g/mol. The van der Waals surface area contributed by atoms with Gasteiger partial charge in [0.2, 0.25) is 0 Å². The SMILES string of the molecule is CNC(=O)C[NH2+][C@H](C)C(=O)Nc1cccc(C)c1. The Hall–Kier alpha value is -1.88. The molecule has 0 saturated carbocycles. The molecule has 0 saturated heterocycles. The zero-order valence-electron chi connectivity index (χ0n) is 11.0. The number of likely N-dealkylation sites (N-methyl/N-ethyl adjacent to an activating group) is 1. The molecule has 0 unspecified atom stereocenters. The third kappa shape index (κ3) is 4.55. The van der Waals surface area contributed by atoms with Gasteiger partial charge in [-0.05, 0) is 31.5 Å². The Morgan fingerprint density at radius 1 is 1.39 bits per heavy atom. The second-order valence-corrected chi connectivity index (χ2v) is 4.26. The van der Waals surface area contributed by atoms with Crippen molar-refractivity contribution in [2.75, 3.05) is 18.9 Å². The van der Waals surface area contributed by atoms with Crippen LogP contribution in [0.1, 0.15) is 12.5 Å². The lowest BCUT2D eigenvalue weighted by atomic mass is 10.2. The second-order valence-electron chi connectivity index (χ2n) is 4.26. The number of aryl methyl sites for hydroxylation is 1. The summed E-state index contributed by atoms with van der Waals surface area (Å²) < 4.78 is 0. The summed E-state index contributed by atoms with van der Waals surface area (Å²) in [7, 11) is 1.58. The molecule has 18 heavy (non-hydrogen) atoms. The van der Waals surface area contributed by atoms with Gasteiger partial charge in [-0.25, -0.2) is 0 Å². The number of carbonyl (C=O) groups excluding carboxylic acids is 2. The van der Waals surface area contributed by atoms with Crippen LogP contribution in [-0.2, 0) is 9.59 Å². The van der Waals surface area contributed by atoms with E-state index in [0.717, 1.165) is 11.3 Å². The van der Waals surface area contributed by atoms with Crippen molar-refractivity contribution in [3.8, 4) is 0 Å². The molecule has 4 N–H and O–H groups in total. The molecule has 0 aliphatic rings. The number of rotatable bonds is 5. The van der Waals surface area contributed by atoms with Crippen molar-refractivity contribution in [3.05, 3.63) is 29.8 Å². The number of hydrogen-bond acceptors (Lipinski definition) is 2. The highest BCUT2D eigenvalue weighted by molar-refractivity contribution is 5.93. The first-order valence-corrected chi connectivity index (χ1v) is 5.94. The Bertz CT molecular complexity index is 432. The molecule has 0 aliphatic carbocycles. The number of nitrogens with one attached hydrogen (secondary N) is 2. The van der Waals surface area contributed by atoms with Gasteiger partial charge in [0.05, 0.1) is 0 Å². The number of hydrogen-bond donors (Lipinski definition) is 3. The van der Waals surface area contributed by atoms with Crippen LogP contribution in [0, 0.1) is 6.92 Å². The van der Waals surface area contributed by atoms with Crippen molar-refractivity contribution < 1.29 is 14.9 Å². The highest BCUT2D eigenvalue weighted by atomic mass is 16.2. The first-order chi connectivity index (χ1) is 8.52. The van der Waals surface area contributed by atoms with E-state index in [1.807, 2.05) is 31.2 Å². The molecular formula is C13H20N3O2+. The molecular weight excluding hydrogens is 230 g/mol. The van der Waals surface area contributed by atoms with Crippen molar-refractivity contribution >= 4 is 17.5 Å². The first kappa shape index (κ1) is 14.2. The molecule has 1 rings (SSSR count). The molecule has 5 heteroatoms. The summed E-state index contributed by atoms with van der Waals surface area (Å²) in [4.78, 5) is 22.9. The van der Waals surface area contributed by atoms with Gasteiger partial charge in [0, 0.05) is 12.7 Å². The molecule has 5 nitrogen and oxygen atoms in total. The average molecular weight is 250 g/mol. The number of amides is 2. The Morgan fingerprint density at radius 2 is 2.11 bits per heavy atom. The number of benzene rings is 1. The molecule has 0 aromatic heterocycles. The van der Waals surface area contributed by atoms with Crippen LogP contribution in [0.25, 0.3) is 0 Å². The number of carbonyl (C=O) groups is 2. The van der Waals surface area contributed by atoms with E-state index in [-0.39, 0.29) is 24.4 Å². The normalized spacial score (nSPS) is 11.7. The summed E-state index contributed by atoms with van der Waals surface area (Å²) in [6.07, 6.45) is 0. The minimum atomic E-state index is -0.303. The van der Waals surface area contributed by atoms with E-state index in [1.165, 1.54) is 0 Å². The lowest BCUT2D eigenvalue weighted by molar-refractivity contribution is -0.662. The van der Waals surface area contributed by atoms with Crippen LogP contribution >= 0.6 is 0 Å². The van der Waals surface area contributed by atoms with Gasteiger partial charge in [0.15, 0.2) is 12.6 Å². The van der Waals surface area contributed by atoms with Gasteiger partial charge in [-0.1, -0.05) is 12.1 Å². The molecule has 0 bridgehead atoms. The highest BCUT2D eigenvalue weighted by Gasteiger charge is 2.17. The van der Waals surface area contributed by atoms with Crippen molar-refractivity contribution in [1.82, 2.24) is 5.32 Å². The Labute approximate surface area is 107 Å². The Morgan fingerprint density at radius 3 is 2.72 bits per heavy atom. The largest absolute Gasteiger partial charge is 0.354 e. The van der Waals surface area contributed by atoms with Gasteiger partial charge in [-0.3, -0.25) is 9.59 Å².